The lowest BCUT2D eigenvalue weighted by molar-refractivity contribution is 0.250. The maximum absolute atomic E-state index is 12.9. The van der Waals surface area contributed by atoms with Gasteiger partial charge < -0.3 is 5.73 Å². The van der Waals surface area contributed by atoms with Gasteiger partial charge in [-0.2, -0.15) is 0 Å². The van der Waals surface area contributed by atoms with Gasteiger partial charge in [-0.1, -0.05) is 17.7 Å². The first-order valence-corrected chi connectivity index (χ1v) is 5.96. The van der Waals surface area contributed by atoms with Crippen LogP contribution in [0.4, 0.5) is 4.39 Å². The molecule has 1 unspecified atom stereocenters. The van der Waals surface area contributed by atoms with Crippen LogP contribution in [0, 0.1) is 5.82 Å². The Bertz CT molecular complexity index is 374. The van der Waals surface area contributed by atoms with E-state index in [1.165, 1.54) is 18.6 Å². The lowest BCUT2D eigenvalue weighted by atomic mass is 10.2. The van der Waals surface area contributed by atoms with Gasteiger partial charge in [0.1, 0.15) is 5.82 Å². The van der Waals surface area contributed by atoms with Gasteiger partial charge in [0.05, 0.1) is 0 Å². The second-order valence-electron chi connectivity index (χ2n) is 4.24. The molecule has 5 heteroatoms. The van der Waals surface area contributed by atoms with Crippen LogP contribution in [0.2, 0.25) is 5.02 Å². The zero-order valence-corrected chi connectivity index (χ0v) is 11.1. The average Bonchev–Trinajstić information content (AvgIpc) is 2.69. The van der Waals surface area contributed by atoms with Crippen molar-refractivity contribution < 1.29 is 4.39 Å². The van der Waals surface area contributed by atoms with E-state index in [1.807, 2.05) is 0 Å². The Balaban J connectivity index is 0.00000144. The molecule has 0 saturated carbocycles. The van der Waals surface area contributed by atoms with Crippen molar-refractivity contribution in [2.45, 2.75) is 25.4 Å². The van der Waals surface area contributed by atoms with Crippen LogP contribution in [0.15, 0.2) is 18.2 Å². The topological polar surface area (TPSA) is 29.3 Å². The number of rotatable bonds is 3. The van der Waals surface area contributed by atoms with Crippen LogP contribution in [0.5, 0.6) is 0 Å². The average molecular weight is 279 g/mol. The third-order valence-corrected chi connectivity index (χ3v) is 3.51. The highest BCUT2D eigenvalue weighted by Gasteiger charge is 2.23. The van der Waals surface area contributed by atoms with Crippen molar-refractivity contribution in [2.24, 2.45) is 5.73 Å². The molecule has 17 heavy (non-hydrogen) atoms. The minimum Gasteiger partial charge on any atom is -0.329 e. The number of likely N-dealkylation sites (tertiary alicyclic amines) is 1. The fourth-order valence-corrected chi connectivity index (χ4v) is 2.47. The van der Waals surface area contributed by atoms with E-state index in [4.69, 9.17) is 17.3 Å². The molecule has 0 radical (unpaired) electrons. The summed E-state index contributed by atoms with van der Waals surface area (Å²) in [6.07, 6.45) is 2.33. The maximum atomic E-state index is 12.9. The molecule has 96 valence electrons. The van der Waals surface area contributed by atoms with E-state index in [0.717, 1.165) is 25.1 Å². The maximum Gasteiger partial charge on any atom is 0.124 e. The molecule has 0 amide bonds. The molecule has 1 heterocycles. The SMILES string of the molecule is Cl.NCC1CCCN1Cc1ccc(F)cc1Cl. The van der Waals surface area contributed by atoms with E-state index >= 15 is 0 Å². The summed E-state index contributed by atoms with van der Waals surface area (Å²) >= 11 is 6.00. The third kappa shape index (κ3) is 3.55. The molecule has 2 rings (SSSR count). The summed E-state index contributed by atoms with van der Waals surface area (Å²) in [5, 5.41) is 0.502. The molecule has 1 fully saturated rings. The van der Waals surface area contributed by atoms with Crippen molar-refractivity contribution in [1.82, 2.24) is 4.90 Å². The highest BCUT2D eigenvalue weighted by atomic mass is 35.5. The Morgan fingerprint density at radius 2 is 2.24 bits per heavy atom. The van der Waals surface area contributed by atoms with E-state index < -0.39 is 0 Å². The van der Waals surface area contributed by atoms with Gasteiger partial charge in [-0.25, -0.2) is 4.39 Å². The molecule has 1 aliphatic heterocycles. The molecule has 2 N–H and O–H groups in total. The van der Waals surface area contributed by atoms with Crippen molar-refractivity contribution in [3.63, 3.8) is 0 Å². The normalized spacial score (nSPS) is 20.3. The largest absolute Gasteiger partial charge is 0.329 e. The van der Waals surface area contributed by atoms with Crippen LogP contribution in [0.3, 0.4) is 0 Å². The smallest absolute Gasteiger partial charge is 0.124 e. The standard InChI is InChI=1S/C12H16ClFN2.ClH/c13-12-6-10(14)4-3-9(12)8-16-5-1-2-11(16)7-15;/h3-4,6,11H,1-2,5,7-8,15H2;1H. The molecule has 0 aliphatic carbocycles. The predicted molar refractivity (Wildman–Crippen MR) is 71.1 cm³/mol. The van der Waals surface area contributed by atoms with Gasteiger partial charge >= 0.3 is 0 Å². The zero-order valence-electron chi connectivity index (χ0n) is 9.53. The summed E-state index contributed by atoms with van der Waals surface area (Å²) in [6.45, 7) is 2.50. The molecule has 2 nitrogen and oxygen atoms in total. The van der Waals surface area contributed by atoms with Crippen LogP contribution in [-0.4, -0.2) is 24.0 Å². The lowest BCUT2D eigenvalue weighted by Gasteiger charge is -2.23. The highest BCUT2D eigenvalue weighted by molar-refractivity contribution is 6.31. The van der Waals surface area contributed by atoms with Crippen LogP contribution < -0.4 is 5.73 Å². The summed E-state index contributed by atoms with van der Waals surface area (Å²) in [7, 11) is 0. The number of benzene rings is 1. The molecule has 0 aromatic heterocycles. The monoisotopic (exact) mass is 278 g/mol. The number of halogens is 3. The van der Waals surface area contributed by atoms with Crippen LogP contribution in [-0.2, 0) is 6.54 Å². The fourth-order valence-electron chi connectivity index (χ4n) is 2.24. The van der Waals surface area contributed by atoms with Gasteiger partial charge in [-0.3, -0.25) is 4.90 Å². The molecule has 0 spiro atoms. The quantitative estimate of drug-likeness (QED) is 0.921. The van der Waals surface area contributed by atoms with Crippen molar-refractivity contribution >= 4 is 24.0 Å². The van der Waals surface area contributed by atoms with Crippen LogP contribution in [0.1, 0.15) is 18.4 Å². The summed E-state index contributed by atoms with van der Waals surface area (Å²) in [5.41, 5.74) is 6.68. The van der Waals surface area contributed by atoms with E-state index in [-0.39, 0.29) is 18.2 Å². The fraction of sp³-hybridized carbons (Fsp3) is 0.500. The molecule has 1 aromatic rings. The van der Waals surface area contributed by atoms with Gasteiger partial charge in [-0.15, -0.1) is 12.4 Å². The predicted octanol–water partition coefficient (Wildman–Crippen LogP) is 2.82. The number of hydrogen-bond donors (Lipinski definition) is 1. The molecule has 1 saturated heterocycles. The van der Waals surface area contributed by atoms with Gasteiger partial charge in [0, 0.05) is 24.2 Å². The molecular formula is C12H17Cl2FN2. The summed E-state index contributed by atoms with van der Waals surface area (Å²) in [5.74, 6) is -0.287. The van der Waals surface area contributed by atoms with Gasteiger partial charge in [-0.05, 0) is 37.1 Å². The van der Waals surface area contributed by atoms with Crippen LogP contribution in [0.25, 0.3) is 0 Å². The van der Waals surface area contributed by atoms with E-state index in [1.54, 1.807) is 6.07 Å². The first-order chi connectivity index (χ1) is 7.70. The van der Waals surface area contributed by atoms with Crippen molar-refractivity contribution in [2.75, 3.05) is 13.1 Å². The number of hydrogen-bond acceptors (Lipinski definition) is 2. The van der Waals surface area contributed by atoms with E-state index in [2.05, 4.69) is 4.90 Å². The minimum atomic E-state index is -0.287. The molecule has 1 atom stereocenters. The second kappa shape index (κ2) is 6.55. The Morgan fingerprint density at radius 3 is 2.88 bits per heavy atom. The zero-order chi connectivity index (χ0) is 11.5. The number of nitrogens with zero attached hydrogens (tertiary/aromatic N) is 1. The van der Waals surface area contributed by atoms with Gasteiger partial charge in [0.2, 0.25) is 0 Å². The minimum absolute atomic E-state index is 0. The molecule has 0 bridgehead atoms. The summed E-state index contributed by atoms with van der Waals surface area (Å²) in [6, 6.07) is 5.02. The van der Waals surface area contributed by atoms with Crippen molar-refractivity contribution in [3.8, 4) is 0 Å². The second-order valence-corrected chi connectivity index (χ2v) is 4.65. The highest BCUT2D eigenvalue weighted by Crippen LogP contribution is 2.23. The van der Waals surface area contributed by atoms with Gasteiger partial charge in [0.25, 0.3) is 0 Å². The first-order valence-electron chi connectivity index (χ1n) is 5.58. The van der Waals surface area contributed by atoms with Crippen LogP contribution >= 0.6 is 24.0 Å². The third-order valence-electron chi connectivity index (χ3n) is 3.16. The van der Waals surface area contributed by atoms with E-state index in [9.17, 15) is 4.39 Å². The number of nitrogens with two attached hydrogens (primary N) is 1. The Kier molecular flexibility index (Phi) is 5.67. The Morgan fingerprint density at radius 1 is 1.47 bits per heavy atom. The first kappa shape index (κ1) is 14.7. The lowest BCUT2D eigenvalue weighted by Crippen LogP contribution is -2.34. The summed E-state index contributed by atoms with van der Waals surface area (Å²) in [4.78, 5) is 2.32. The van der Waals surface area contributed by atoms with E-state index in [0.29, 0.717) is 17.6 Å². The molecular weight excluding hydrogens is 262 g/mol. The van der Waals surface area contributed by atoms with Crippen molar-refractivity contribution in [3.05, 3.63) is 34.6 Å². The van der Waals surface area contributed by atoms with Crippen molar-refractivity contribution in [1.29, 1.82) is 0 Å². The summed E-state index contributed by atoms with van der Waals surface area (Å²) < 4.78 is 12.9. The van der Waals surface area contributed by atoms with Gasteiger partial charge in [0.15, 0.2) is 0 Å². The Labute approximate surface area is 112 Å². The molecule has 1 aliphatic rings. The molecule has 1 aromatic carbocycles. The Hall–Kier alpha value is -0.350.